The molecule has 0 fully saturated rings. The van der Waals surface area contributed by atoms with Gasteiger partial charge in [0, 0.05) is 23.6 Å². The molecule has 8 nitrogen and oxygen atoms in total. The minimum Gasteiger partial charge on any atom is -0.493 e. The Morgan fingerprint density at radius 2 is 1.83 bits per heavy atom. The molecule has 0 bridgehead atoms. The summed E-state index contributed by atoms with van der Waals surface area (Å²) in [4.78, 5) is 26.6. The van der Waals surface area contributed by atoms with E-state index in [2.05, 4.69) is 10.6 Å². The van der Waals surface area contributed by atoms with Crippen LogP contribution in [0.4, 0.5) is 0 Å². The molecule has 2 aromatic carbocycles. The number of methoxy groups -OCH3 is 2. The van der Waals surface area contributed by atoms with Gasteiger partial charge in [0.25, 0.3) is 11.8 Å². The maximum atomic E-state index is 13.5. The fraction of sp³-hybridized carbons (Fsp3) is 0.286. The fourth-order valence-electron chi connectivity index (χ4n) is 4.18. The highest BCUT2D eigenvalue weighted by Gasteiger charge is 2.35. The van der Waals surface area contributed by atoms with Crippen molar-refractivity contribution in [3.63, 3.8) is 0 Å². The number of ether oxygens (including phenoxy) is 3. The number of carbonyl (C=O) groups is 2. The van der Waals surface area contributed by atoms with Gasteiger partial charge in [-0.25, -0.2) is 0 Å². The van der Waals surface area contributed by atoms with E-state index in [4.69, 9.17) is 18.6 Å². The molecule has 0 radical (unpaired) electrons. The minimum absolute atomic E-state index is 0.0447. The van der Waals surface area contributed by atoms with Crippen LogP contribution in [0.15, 0.2) is 64.9 Å². The van der Waals surface area contributed by atoms with Crippen molar-refractivity contribution < 1.29 is 28.2 Å². The second-order valence-electron chi connectivity index (χ2n) is 9.23. The van der Waals surface area contributed by atoms with Crippen molar-refractivity contribution in [2.24, 2.45) is 0 Å². The van der Waals surface area contributed by atoms with Gasteiger partial charge in [0.1, 0.15) is 22.8 Å². The number of carbonyl (C=O) groups excluding carboxylic acids is 2. The molecule has 2 heterocycles. The second-order valence-corrected chi connectivity index (χ2v) is 9.23. The number of hydrogen-bond donors (Lipinski definition) is 2. The zero-order valence-electron chi connectivity index (χ0n) is 21.0. The lowest BCUT2D eigenvalue weighted by Crippen LogP contribution is -2.43. The van der Waals surface area contributed by atoms with E-state index in [-0.39, 0.29) is 11.7 Å². The SMILES string of the molecule is COc1ccc(C(=O)N/C(=C\c2ccco2)C(=O)N[C@H]2CC(C)(C)Oc3ccc(C)cc32)cc1OC. The number of benzene rings is 2. The molecule has 1 aromatic heterocycles. The van der Waals surface area contributed by atoms with Crippen LogP contribution in [0.5, 0.6) is 17.2 Å². The summed E-state index contributed by atoms with van der Waals surface area (Å²) >= 11 is 0. The van der Waals surface area contributed by atoms with E-state index in [1.807, 2.05) is 39.0 Å². The quantitative estimate of drug-likeness (QED) is 0.462. The third-order valence-corrected chi connectivity index (χ3v) is 5.90. The van der Waals surface area contributed by atoms with Gasteiger partial charge < -0.3 is 29.3 Å². The summed E-state index contributed by atoms with van der Waals surface area (Å²) in [5.74, 6) is 1.13. The van der Waals surface area contributed by atoms with Crippen molar-refractivity contribution in [2.75, 3.05) is 14.2 Å². The molecular formula is C28H30N2O6. The van der Waals surface area contributed by atoms with E-state index in [9.17, 15) is 9.59 Å². The van der Waals surface area contributed by atoms with Gasteiger partial charge in [0.2, 0.25) is 0 Å². The van der Waals surface area contributed by atoms with E-state index in [0.717, 1.165) is 16.9 Å². The Kier molecular flexibility index (Phi) is 7.05. The Morgan fingerprint density at radius 1 is 1.06 bits per heavy atom. The second kappa shape index (κ2) is 10.2. The summed E-state index contributed by atoms with van der Waals surface area (Å²) in [6.45, 7) is 5.95. The van der Waals surface area contributed by atoms with Crippen LogP contribution in [0.25, 0.3) is 6.08 Å². The maximum absolute atomic E-state index is 13.5. The number of furan rings is 1. The van der Waals surface area contributed by atoms with E-state index in [1.54, 1.807) is 30.3 Å². The Labute approximate surface area is 210 Å². The first kappa shape index (κ1) is 24.9. The molecule has 0 saturated carbocycles. The lowest BCUT2D eigenvalue weighted by atomic mass is 9.89. The van der Waals surface area contributed by atoms with Crippen LogP contribution in [0.1, 0.15) is 53.6 Å². The summed E-state index contributed by atoms with van der Waals surface area (Å²) < 4.78 is 22.1. The molecule has 0 unspecified atom stereocenters. The Hall–Kier alpha value is -4.20. The Balaban J connectivity index is 1.62. The van der Waals surface area contributed by atoms with E-state index < -0.39 is 17.4 Å². The molecule has 0 aliphatic carbocycles. The lowest BCUT2D eigenvalue weighted by molar-refractivity contribution is -0.119. The third-order valence-electron chi connectivity index (χ3n) is 5.90. The molecule has 1 aliphatic rings. The predicted molar refractivity (Wildman–Crippen MR) is 135 cm³/mol. The number of rotatable bonds is 7. The Bertz CT molecular complexity index is 1290. The lowest BCUT2D eigenvalue weighted by Gasteiger charge is -2.38. The first-order chi connectivity index (χ1) is 17.2. The number of aryl methyl sites for hydroxylation is 1. The third kappa shape index (κ3) is 5.54. The maximum Gasteiger partial charge on any atom is 0.268 e. The summed E-state index contributed by atoms with van der Waals surface area (Å²) in [6, 6.07) is 13.8. The normalized spacial score (nSPS) is 16.4. The van der Waals surface area contributed by atoms with Crippen LogP contribution >= 0.6 is 0 Å². The van der Waals surface area contributed by atoms with Crippen LogP contribution in [0, 0.1) is 6.92 Å². The van der Waals surface area contributed by atoms with Gasteiger partial charge in [0.15, 0.2) is 11.5 Å². The molecule has 4 rings (SSSR count). The van der Waals surface area contributed by atoms with Gasteiger partial charge in [0.05, 0.1) is 26.5 Å². The molecule has 1 atom stereocenters. The first-order valence-electron chi connectivity index (χ1n) is 11.6. The highest BCUT2D eigenvalue weighted by molar-refractivity contribution is 6.05. The first-order valence-corrected chi connectivity index (χ1v) is 11.6. The fourth-order valence-corrected chi connectivity index (χ4v) is 4.18. The van der Waals surface area contributed by atoms with Crippen LogP contribution in [0.2, 0.25) is 0 Å². The molecule has 1 aliphatic heterocycles. The minimum atomic E-state index is -0.479. The molecule has 2 N–H and O–H groups in total. The molecule has 36 heavy (non-hydrogen) atoms. The van der Waals surface area contributed by atoms with Crippen LogP contribution < -0.4 is 24.8 Å². The molecule has 188 valence electrons. The van der Waals surface area contributed by atoms with Crippen molar-refractivity contribution in [3.8, 4) is 17.2 Å². The van der Waals surface area contributed by atoms with Crippen molar-refractivity contribution >= 4 is 17.9 Å². The molecule has 0 spiro atoms. The van der Waals surface area contributed by atoms with Crippen molar-refractivity contribution in [1.29, 1.82) is 0 Å². The summed E-state index contributed by atoms with van der Waals surface area (Å²) in [5.41, 5.74) is 1.83. The summed E-state index contributed by atoms with van der Waals surface area (Å²) in [7, 11) is 3.01. The van der Waals surface area contributed by atoms with Gasteiger partial charge in [-0.2, -0.15) is 0 Å². The van der Waals surface area contributed by atoms with Gasteiger partial charge in [-0.05, 0) is 57.2 Å². The molecule has 3 aromatic rings. The highest BCUT2D eigenvalue weighted by Crippen LogP contribution is 2.40. The Morgan fingerprint density at radius 3 is 2.53 bits per heavy atom. The topological polar surface area (TPSA) is 99.0 Å². The van der Waals surface area contributed by atoms with Crippen molar-refractivity contribution in [2.45, 2.75) is 38.8 Å². The van der Waals surface area contributed by atoms with Crippen molar-refractivity contribution in [1.82, 2.24) is 10.6 Å². The molecular weight excluding hydrogens is 460 g/mol. The van der Waals surface area contributed by atoms with Crippen LogP contribution in [-0.4, -0.2) is 31.6 Å². The average molecular weight is 491 g/mol. The number of hydrogen-bond acceptors (Lipinski definition) is 6. The van der Waals surface area contributed by atoms with Gasteiger partial charge in [-0.1, -0.05) is 17.7 Å². The summed E-state index contributed by atoms with van der Waals surface area (Å²) in [5, 5.41) is 5.81. The van der Waals surface area contributed by atoms with Crippen molar-refractivity contribution in [3.05, 3.63) is 82.9 Å². The number of fused-ring (bicyclic) bond motifs is 1. The molecule has 2 amide bonds. The number of amides is 2. The van der Waals surface area contributed by atoms with Gasteiger partial charge >= 0.3 is 0 Å². The monoisotopic (exact) mass is 490 g/mol. The highest BCUT2D eigenvalue weighted by atomic mass is 16.5. The smallest absolute Gasteiger partial charge is 0.268 e. The summed E-state index contributed by atoms with van der Waals surface area (Å²) in [6.07, 6.45) is 3.56. The van der Waals surface area contributed by atoms with E-state index in [1.165, 1.54) is 26.6 Å². The molecule has 8 heteroatoms. The standard InChI is InChI=1S/C28H30N2O6/c1-17-8-10-23-20(13-17)22(16-28(2,3)36-23)30-27(32)21(15-19-7-6-12-35-19)29-26(31)18-9-11-24(33-4)25(14-18)34-5/h6-15,22H,16H2,1-5H3,(H,29,31)(H,30,32)/b21-15-/t22-/m0/s1. The largest absolute Gasteiger partial charge is 0.493 e. The zero-order chi connectivity index (χ0) is 25.9. The van der Waals surface area contributed by atoms with Crippen LogP contribution in [-0.2, 0) is 4.79 Å². The van der Waals surface area contributed by atoms with E-state index in [0.29, 0.717) is 29.2 Å². The molecule has 0 saturated heterocycles. The zero-order valence-corrected chi connectivity index (χ0v) is 21.0. The van der Waals surface area contributed by atoms with Gasteiger partial charge in [-0.15, -0.1) is 0 Å². The van der Waals surface area contributed by atoms with Gasteiger partial charge in [-0.3, -0.25) is 9.59 Å². The van der Waals surface area contributed by atoms with E-state index >= 15 is 0 Å². The number of nitrogens with one attached hydrogen (secondary N) is 2. The van der Waals surface area contributed by atoms with Crippen LogP contribution in [0.3, 0.4) is 0 Å². The predicted octanol–water partition coefficient (Wildman–Crippen LogP) is 4.79. The average Bonchev–Trinajstić information content (AvgIpc) is 3.36.